The molecule has 1 aromatic carbocycles. The molecule has 1 unspecified atom stereocenters. The van der Waals surface area contributed by atoms with Crippen molar-refractivity contribution in [3.8, 4) is 0 Å². The van der Waals surface area contributed by atoms with Crippen molar-refractivity contribution in [2.45, 2.75) is 45.7 Å². The minimum Gasteiger partial charge on any atom is -0.357 e. The minimum absolute atomic E-state index is 0. The van der Waals surface area contributed by atoms with E-state index in [2.05, 4.69) is 32.9 Å². The molecular formula is C24H34FIN6O. The number of hydrogen-bond donors (Lipinski definition) is 3. The summed E-state index contributed by atoms with van der Waals surface area (Å²) in [5.41, 5.74) is 1.68. The molecule has 1 fully saturated rings. The molecule has 3 N–H and O–H groups in total. The van der Waals surface area contributed by atoms with Gasteiger partial charge in [-0.15, -0.1) is 24.0 Å². The van der Waals surface area contributed by atoms with Gasteiger partial charge in [0.05, 0.1) is 6.54 Å². The van der Waals surface area contributed by atoms with E-state index in [1.807, 2.05) is 36.1 Å². The summed E-state index contributed by atoms with van der Waals surface area (Å²) in [4.78, 5) is 23.0. The average molecular weight is 568 g/mol. The Kier molecular flexibility index (Phi) is 11.4. The number of carbonyl (C=O) groups excluding carboxylic acids is 1. The third kappa shape index (κ3) is 8.13. The van der Waals surface area contributed by atoms with Gasteiger partial charge in [-0.05, 0) is 49.6 Å². The van der Waals surface area contributed by atoms with Crippen molar-refractivity contribution in [1.29, 1.82) is 0 Å². The van der Waals surface area contributed by atoms with Gasteiger partial charge in [-0.3, -0.25) is 4.79 Å². The van der Waals surface area contributed by atoms with E-state index in [1.165, 1.54) is 6.07 Å². The molecule has 1 aliphatic rings. The molecule has 1 atom stereocenters. The molecule has 33 heavy (non-hydrogen) atoms. The van der Waals surface area contributed by atoms with E-state index in [0.717, 1.165) is 43.9 Å². The standard InChI is InChI=1S/C24H33FN6O.HI/c1-3-5-13-28-23(32)19-10-8-18(9-11-19)16-29-24(26-4-2)30-20-12-15-31(17-20)22-21(25)7-6-14-27-22;/h6-11,14,20H,3-5,12-13,15-17H2,1-2H3,(H,28,32)(H2,26,29,30);1H. The van der Waals surface area contributed by atoms with Gasteiger partial charge in [0, 0.05) is 44.0 Å². The van der Waals surface area contributed by atoms with Gasteiger partial charge in [0.15, 0.2) is 17.6 Å². The first kappa shape index (κ1) is 26.8. The maximum Gasteiger partial charge on any atom is 0.251 e. The summed E-state index contributed by atoms with van der Waals surface area (Å²) in [6, 6.07) is 10.7. The van der Waals surface area contributed by atoms with Crippen LogP contribution in [-0.2, 0) is 6.54 Å². The van der Waals surface area contributed by atoms with Gasteiger partial charge >= 0.3 is 0 Å². The van der Waals surface area contributed by atoms with E-state index < -0.39 is 0 Å². The fourth-order valence-electron chi connectivity index (χ4n) is 3.61. The summed E-state index contributed by atoms with van der Waals surface area (Å²) in [6.07, 6.45) is 4.53. The normalized spacial score (nSPS) is 15.7. The Balaban J connectivity index is 0.00000385. The van der Waals surface area contributed by atoms with Crippen molar-refractivity contribution in [2.75, 3.05) is 31.1 Å². The van der Waals surface area contributed by atoms with Gasteiger partial charge < -0.3 is 20.9 Å². The van der Waals surface area contributed by atoms with Crippen LogP contribution < -0.4 is 20.9 Å². The molecule has 9 heteroatoms. The first-order valence-corrected chi connectivity index (χ1v) is 11.4. The predicted octanol–water partition coefficient (Wildman–Crippen LogP) is 3.70. The number of aromatic nitrogens is 1. The SMILES string of the molecule is CCCCNC(=O)c1ccc(CN=C(NCC)NC2CCN(c3ncccc3F)C2)cc1.I. The number of benzene rings is 1. The fraction of sp³-hybridized carbons (Fsp3) is 0.458. The van der Waals surface area contributed by atoms with Crippen molar-refractivity contribution in [3.63, 3.8) is 0 Å². The molecule has 0 saturated carbocycles. The van der Waals surface area contributed by atoms with Crippen LogP contribution in [0.5, 0.6) is 0 Å². The molecule has 3 rings (SSSR count). The van der Waals surface area contributed by atoms with E-state index in [-0.39, 0.29) is 41.7 Å². The molecule has 2 aromatic rings. The van der Waals surface area contributed by atoms with Crippen molar-refractivity contribution in [3.05, 3.63) is 59.5 Å². The topological polar surface area (TPSA) is 81.6 Å². The van der Waals surface area contributed by atoms with Crippen LogP contribution in [-0.4, -0.2) is 49.1 Å². The number of carbonyl (C=O) groups is 1. The zero-order chi connectivity index (χ0) is 22.8. The van der Waals surface area contributed by atoms with Gasteiger partial charge in [0.2, 0.25) is 0 Å². The summed E-state index contributed by atoms with van der Waals surface area (Å²) in [5, 5.41) is 9.65. The Labute approximate surface area is 212 Å². The fourth-order valence-corrected chi connectivity index (χ4v) is 3.61. The number of nitrogens with one attached hydrogen (secondary N) is 3. The van der Waals surface area contributed by atoms with Crippen LogP contribution >= 0.6 is 24.0 Å². The van der Waals surface area contributed by atoms with Gasteiger partial charge in [-0.1, -0.05) is 25.5 Å². The lowest BCUT2D eigenvalue weighted by atomic mass is 10.1. The number of hydrogen-bond acceptors (Lipinski definition) is 4. The third-order valence-electron chi connectivity index (χ3n) is 5.36. The number of rotatable bonds is 9. The first-order valence-electron chi connectivity index (χ1n) is 11.4. The van der Waals surface area contributed by atoms with Crippen LogP contribution in [0.25, 0.3) is 0 Å². The van der Waals surface area contributed by atoms with Crippen molar-refractivity contribution < 1.29 is 9.18 Å². The zero-order valence-electron chi connectivity index (χ0n) is 19.3. The van der Waals surface area contributed by atoms with Gasteiger partial charge in [0.1, 0.15) is 0 Å². The summed E-state index contributed by atoms with van der Waals surface area (Å²) >= 11 is 0. The van der Waals surface area contributed by atoms with E-state index in [1.54, 1.807) is 12.3 Å². The van der Waals surface area contributed by atoms with E-state index >= 15 is 0 Å². The number of aliphatic imine (C=N–C) groups is 1. The second-order valence-electron chi connectivity index (χ2n) is 7.89. The van der Waals surface area contributed by atoms with Crippen LogP contribution in [0.3, 0.4) is 0 Å². The molecule has 0 bridgehead atoms. The Morgan fingerprint density at radius 2 is 2.00 bits per heavy atom. The van der Waals surface area contributed by atoms with E-state index in [9.17, 15) is 9.18 Å². The van der Waals surface area contributed by atoms with E-state index in [0.29, 0.717) is 31.0 Å². The van der Waals surface area contributed by atoms with Crippen molar-refractivity contribution in [2.24, 2.45) is 4.99 Å². The molecule has 1 aliphatic heterocycles. The quantitative estimate of drug-likeness (QED) is 0.186. The summed E-state index contributed by atoms with van der Waals surface area (Å²) < 4.78 is 14.0. The molecule has 1 amide bonds. The summed E-state index contributed by atoms with van der Waals surface area (Å²) in [7, 11) is 0. The maximum atomic E-state index is 14.0. The number of pyridine rings is 1. The zero-order valence-corrected chi connectivity index (χ0v) is 21.6. The lowest BCUT2D eigenvalue weighted by molar-refractivity contribution is 0.0953. The first-order chi connectivity index (χ1) is 15.6. The third-order valence-corrected chi connectivity index (χ3v) is 5.36. The second kappa shape index (κ2) is 14.0. The summed E-state index contributed by atoms with van der Waals surface area (Å²) in [5.74, 6) is 0.787. The highest BCUT2D eigenvalue weighted by atomic mass is 127. The van der Waals surface area contributed by atoms with E-state index in [4.69, 9.17) is 0 Å². The molecule has 0 radical (unpaired) electrons. The molecule has 180 valence electrons. The Bertz CT molecular complexity index is 908. The Hall–Kier alpha value is -2.43. The number of amides is 1. The van der Waals surface area contributed by atoms with Gasteiger partial charge in [-0.2, -0.15) is 0 Å². The lowest BCUT2D eigenvalue weighted by Gasteiger charge is -2.20. The number of guanidine groups is 1. The number of unbranched alkanes of at least 4 members (excludes halogenated alkanes) is 1. The molecule has 7 nitrogen and oxygen atoms in total. The highest BCUT2D eigenvalue weighted by Gasteiger charge is 2.25. The van der Waals surface area contributed by atoms with Crippen LogP contribution in [0.2, 0.25) is 0 Å². The maximum absolute atomic E-state index is 14.0. The minimum atomic E-state index is -0.295. The molecule has 1 aromatic heterocycles. The van der Waals surface area contributed by atoms with Crippen LogP contribution in [0.4, 0.5) is 10.2 Å². The monoisotopic (exact) mass is 568 g/mol. The van der Waals surface area contributed by atoms with Crippen LogP contribution in [0.1, 0.15) is 49.0 Å². The van der Waals surface area contributed by atoms with Crippen molar-refractivity contribution >= 4 is 41.7 Å². The average Bonchev–Trinajstić information content (AvgIpc) is 3.26. The van der Waals surface area contributed by atoms with Crippen LogP contribution in [0, 0.1) is 5.82 Å². The van der Waals surface area contributed by atoms with Crippen molar-refractivity contribution in [1.82, 2.24) is 20.9 Å². The number of halogens is 2. The molecule has 2 heterocycles. The second-order valence-corrected chi connectivity index (χ2v) is 7.89. The van der Waals surface area contributed by atoms with Crippen LogP contribution in [0.15, 0.2) is 47.6 Å². The number of anilines is 1. The largest absolute Gasteiger partial charge is 0.357 e. The molecule has 1 saturated heterocycles. The molecular weight excluding hydrogens is 534 g/mol. The van der Waals surface area contributed by atoms with Gasteiger partial charge in [0.25, 0.3) is 5.91 Å². The highest BCUT2D eigenvalue weighted by Crippen LogP contribution is 2.20. The molecule has 0 spiro atoms. The Morgan fingerprint density at radius 3 is 2.70 bits per heavy atom. The highest BCUT2D eigenvalue weighted by molar-refractivity contribution is 14.0. The predicted molar refractivity (Wildman–Crippen MR) is 142 cm³/mol. The lowest BCUT2D eigenvalue weighted by Crippen LogP contribution is -2.44. The Morgan fingerprint density at radius 1 is 1.21 bits per heavy atom. The van der Waals surface area contributed by atoms with Gasteiger partial charge in [-0.25, -0.2) is 14.4 Å². The smallest absolute Gasteiger partial charge is 0.251 e. The molecule has 0 aliphatic carbocycles. The summed E-state index contributed by atoms with van der Waals surface area (Å²) in [6.45, 7) is 7.47. The number of nitrogens with zero attached hydrogens (tertiary/aromatic N) is 3.